The van der Waals surface area contributed by atoms with E-state index in [0.717, 1.165) is 0 Å². The number of anilines is 1. The van der Waals surface area contributed by atoms with E-state index < -0.39 is 5.97 Å². The number of methoxy groups -OCH3 is 1. The van der Waals surface area contributed by atoms with Crippen molar-refractivity contribution < 1.29 is 14.3 Å². The van der Waals surface area contributed by atoms with Gasteiger partial charge in [0.1, 0.15) is 0 Å². The first-order valence-corrected chi connectivity index (χ1v) is 6.56. The number of carbonyl (C=O) groups excluding carboxylic acids is 2. The van der Waals surface area contributed by atoms with Crippen molar-refractivity contribution in [3.05, 3.63) is 59.7 Å². The van der Waals surface area contributed by atoms with Crippen LogP contribution in [-0.4, -0.2) is 18.9 Å². The average Bonchev–Trinajstić information content (AvgIpc) is 2.55. The van der Waals surface area contributed by atoms with Gasteiger partial charge in [0.2, 0.25) is 0 Å². The van der Waals surface area contributed by atoms with E-state index in [1.165, 1.54) is 14.0 Å². The Kier molecular flexibility index (Phi) is 4.98. The number of carbonyl (C=O) groups is 2. The molecule has 0 fully saturated rings. The highest BCUT2D eigenvalue weighted by Gasteiger charge is 2.04. The van der Waals surface area contributed by atoms with Crippen LogP contribution >= 0.6 is 0 Å². The number of ether oxygens (including phenoxy) is 1. The summed E-state index contributed by atoms with van der Waals surface area (Å²) in [5.41, 5.74) is 5.01. The molecule has 0 radical (unpaired) electrons. The third-order valence-corrected chi connectivity index (χ3v) is 2.90. The van der Waals surface area contributed by atoms with Gasteiger partial charge in [0.25, 0.3) is 0 Å². The monoisotopic (exact) mass is 297 g/mol. The Hall–Kier alpha value is -3.02. The maximum absolute atomic E-state index is 11.4. The molecule has 22 heavy (non-hydrogen) atoms. The molecule has 0 amide bonds. The molecule has 0 saturated heterocycles. The minimum absolute atomic E-state index is 0.00115. The predicted molar refractivity (Wildman–Crippen MR) is 82.4 cm³/mol. The quantitative estimate of drug-likeness (QED) is 0.394. The number of nitrogens with one attached hydrogen (secondary N) is 1. The minimum Gasteiger partial charge on any atom is -0.465 e. The number of nitrogens with zero attached hydrogens (tertiary/aromatic N) is 2. The molecule has 2 aromatic rings. The van der Waals surface area contributed by atoms with Gasteiger partial charge in [-0.15, -0.1) is 5.11 Å². The smallest absolute Gasteiger partial charge is 0.337 e. The van der Waals surface area contributed by atoms with Gasteiger partial charge in [0, 0.05) is 5.56 Å². The molecule has 0 aliphatic carbocycles. The van der Waals surface area contributed by atoms with E-state index in [1.807, 2.05) is 0 Å². The summed E-state index contributed by atoms with van der Waals surface area (Å²) in [6.07, 6.45) is 0. The van der Waals surface area contributed by atoms with Crippen LogP contribution in [0.2, 0.25) is 0 Å². The van der Waals surface area contributed by atoms with Crippen LogP contribution in [0.5, 0.6) is 0 Å². The molecule has 0 aliphatic rings. The van der Waals surface area contributed by atoms with Crippen molar-refractivity contribution in [2.24, 2.45) is 10.3 Å². The number of hydrogen-bond donors (Lipinski definition) is 1. The van der Waals surface area contributed by atoms with Crippen molar-refractivity contribution in [2.45, 2.75) is 6.92 Å². The number of ketones is 1. The Bertz CT molecular complexity index is 709. The number of rotatable bonds is 5. The van der Waals surface area contributed by atoms with E-state index >= 15 is 0 Å². The third kappa shape index (κ3) is 3.99. The van der Waals surface area contributed by atoms with Crippen LogP contribution in [0.1, 0.15) is 27.6 Å². The maximum Gasteiger partial charge on any atom is 0.337 e. The molecule has 6 nitrogen and oxygen atoms in total. The summed E-state index contributed by atoms with van der Waals surface area (Å²) in [6, 6.07) is 13.5. The van der Waals surface area contributed by atoms with Crippen LogP contribution in [0.15, 0.2) is 58.9 Å². The molecule has 0 unspecified atom stereocenters. The predicted octanol–water partition coefficient (Wildman–Crippen LogP) is 3.79. The molecule has 2 aromatic carbocycles. The highest BCUT2D eigenvalue weighted by Crippen LogP contribution is 2.15. The summed E-state index contributed by atoms with van der Waals surface area (Å²) in [4.78, 5) is 22.6. The molecule has 0 aromatic heterocycles. The van der Waals surface area contributed by atoms with Crippen LogP contribution in [0.25, 0.3) is 0 Å². The van der Waals surface area contributed by atoms with Gasteiger partial charge in [-0.2, -0.15) is 0 Å². The van der Waals surface area contributed by atoms with E-state index in [2.05, 4.69) is 20.5 Å². The largest absolute Gasteiger partial charge is 0.465 e. The van der Waals surface area contributed by atoms with Gasteiger partial charge in [-0.05, 0) is 49.4 Å². The van der Waals surface area contributed by atoms with E-state index in [4.69, 9.17) is 0 Å². The fourth-order valence-corrected chi connectivity index (χ4v) is 1.74. The van der Waals surface area contributed by atoms with Crippen molar-refractivity contribution in [3.63, 3.8) is 0 Å². The summed E-state index contributed by atoms with van der Waals surface area (Å²) >= 11 is 0. The van der Waals surface area contributed by atoms with Gasteiger partial charge in [-0.3, -0.25) is 10.2 Å². The molecule has 1 N–H and O–H groups in total. The Morgan fingerprint density at radius 3 is 2.41 bits per heavy atom. The van der Waals surface area contributed by atoms with Gasteiger partial charge in [-0.25, -0.2) is 4.79 Å². The van der Waals surface area contributed by atoms with Gasteiger partial charge < -0.3 is 4.74 Å². The fraction of sp³-hybridized carbons (Fsp3) is 0.125. The Balaban J connectivity index is 2.03. The molecule has 0 saturated carbocycles. The van der Waals surface area contributed by atoms with Crippen LogP contribution in [-0.2, 0) is 4.74 Å². The zero-order valence-corrected chi connectivity index (χ0v) is 12.2. The highest BCUT2D eigenvalue weighted by molar-refractivity contribution is 5.94. The van der Waals surface area contributed by atoms with Crippen molar-refractivity contribution in [1.29, 1.82) is 0 Å². The van der Waals surface area contributed by atoms with Crippen molar-refractivity contribution in [2.75, 3.05) is 12.5 Å². The van der Waals surface area contributed by atoms with Crippen LogP contribution < -0.4 is 5.43 Å². The third-order valence-electron chi connectivity index (χ3n) is 2.90. The number of benzene rings is 2. The Labute approximate surface area is 127 Å². The molecule has 2 rings (SSSR count). The first kappa shape index (κ1) is 15.4. The first-order chi connectivity index (χ1) is 10.6. The SMILES string of the molecule is COC(=O)c1cccc(NN=Nc2ccc(C(C)=O)cc2)c1. The van der Waals surface area contributed by atoms with Crippen molar-refractivity contribution in [3.8, 4) is 0 Å². The highest BCUT2D eigenvalue weighted by atomic mass is 16.5. The van der Waals surface area contributed by atoms with Crippen LogP contribution in [0, 0.1) is 0 Å². The van der Waals surface area contributed by atoms with E-state index in [9.17, 15) is 9.59 Å². The molecule has 112 valence electrons. The van der Waals surface area contributed by atoms with Gasteiger partial charge in [0.05, 0.1) is 24.0 Å². The van der Waals surface area contributed by atoms with Gasteiger partial charge >= 0.3 is 5.97 Å². The molecule has 0 bridgehead atoms. The molecular formula is C16H15N3O3. The van der Waals surface area contributed by atoms with Gasteiger partial charge in [0.15, 0.2) is 5.78 Å². The number of hydrogen-bond acceptors (Lipinski definition) is 5. The summed E-state index contributed by atoms with van der Waals surface area (Å²) < 4.78 is 4.65. The second kappa shape index (κ2) is 7.12. The fourth-order valence-electron chi connectivity index (χ4n) is 1.74. The summed E-state index contributed by atoms with van der Waals surface area (Å²) in [5, 5.41) is 7.83. The lowest BCUT2D eigenvalue weighted by Crippen LogP contribution is -2.01. The topological polar surface area (TPSA) is 80.1 Å². The molecule has 0 atom stereocenters. The summed E-state index contributed by atoms with van der Waals surface area (Å²) in [7, 11) is 1.33. The lowest BCUT2D eigenvalue weighted by atomic mass is 10.1. The minimum atomic E-state index is -0.416. The molecule has 0 spiro atoms. The molecule has 0 aliphatic heterocycles. The molecule has 0 heterocycles. The first-order valence-electron chi connectivity index (χ1n) is 6.56. The second-order valence-electron chi connectivity index (χ2n) is 4.49. The number of esters is 1. The maximum atomic E-state index is 11.4. The summed E-state index contributed by atoms with van der Waals surface area (Å²) in [6.45, 7) is 1.51. The number of Topliss-reactive ketones (excluding diaryl/α,β-unsaturated/α-hetero) is 1. The van der Waals surface area contributed by atoms with E-state index in [1.54, 1.807) is 48.5 Å². The average molecular weight is 297 g/mol. The zero-order valence-electron chi connectivity index (χ0n) is 12.2. The standard InChI is InChI=1S/C16H15N3O3/c1-11(20)12-6-8-14(9-7-12)17-19-18-15-5-3-4-13(10-15)16(21)22-2/h3-10H,1-2H3,(H,17,18). The Morgan fingerprint density at radius 1 is 1.05 bits per heavy atom. The molecular weight excluding hydrogens is 282 g/mol. The van der Waals surface area contributed by atoms with Crippen LogP contribution in [0.4, 0.5) is 11.4 Å². The lowest BCUT2D eigenvalue weighted by Gasteiger charge is -2.02. The van der Waals surface area contributed by atoms with E-state index in [0.29, 0.717) is 22.5 Å². The molecule has 6 heteroatoms. The zero-order chi connectivity index (χ0) is 15.9. The second-order valence-corrected chi connectivity index (χ2v) is 4.49. The Morgan fingerprint density at radius 2 is 1.77 bits per heavy atom. The summed E-state index contributed by atoms with van der Waals surface area (Å²) in [5.74, 6) is -0.415. The normalized spacial score (nSPS) is 10.5. The van der Waals surface area contributed by atoms with Crippen molar-refractivity contribution >= 4 is 23.1 Å². The van der Waals surface area contributed by atoms with E-state index in [-0.39, 0.29) is 5.78 Å². The lowest BCUT2D eigenvalue weighted by molar-refractivity contribution is 0.0600. The van der Waals surface area contributed by atoms with Crippen LogP contribution in [0.3, 0.4) is 0 Å². The van der Waals surface area contributed by atoms with Crippen molar-refractivity contribution in [1.82, 2.24) is 0 Å². The van der Waals surface area contributed by atoms with Gasteiger partial charge in [-0.1, -0.05) is 11.3 Å².